The normalized spacial score (nSPS) is 10.0. The van der Waals surface area contributed by atoms with Crippen LogP contribution in [0.15, 0.2) is 18.2 Å². The third kappa shape index (κ3) is 3.81. The lowest BCUT2D eigenvalue weighted by Crippen LogP contribution is -2.23. The second kappa shape index (κ2) is 6.34. The molecule has 0 saturated carbocycles. The van der Waals surface area contributed by atoms with Gasteiger partial charge >= 0.3 is 0 Å². The quantitative estimate of drug-likeness (QED) is 0.515. The first-order chi connectivity index (χ1) is 8.06. The van der Waals surface area contributed by atoms with Gasteiger partial charge in [-0.1, -0.05) is 28.1 Å². The largest absolute Gasteiger partial charge is 0.352 e. The van der Waals surface area contributed by atoms with Gasteiger partial charge in [0.25, 0.3) is 5.69 Å². The van der Waals surface area contributed by atoms with Gasteiger partial charge < -0.3 is 5.32 Å². The summed E-state index contributed by atoms with van der Waals surface area (Å²) in [6, 6.07) is 4.85. The van der Waals surface area contributed by atoms with Gasteiger partial charge in [0.05, 0.1) is 4.92 Å². The highest BCUT2D eigenvalue weighted by Gasteiger charge is 2.13. The van der Waals surface area contributed by atoms with Crippen LogP contribution in [0.5, 0.6) is 0 Å². The number of benzene rings is 1. The molecule has 0 aromatic heterocycles. The minimum absolute atomic E-state index is 0.0761. The molecular weight excluding hydrogens is 288 g/mol. The van der Waals surface area contributed by atoms with Crippen molar-refractivity contribution in [2.45, 2.75) is 19.9 Å². The number of hydrogen-bond donors (Lipinski definition) is 1. The average Bonchev–Trinajstić information content (AvgIpc) is 2.27. The number of nitro benzene ring substituents is 1. The van der Waals surface area contributed by atoms with Crippen LogP contribution >= 0.6 is 15.9 Å². The molecule has 0 saturated heterocycles. The topological polar surface area (TPSA) is 72.2 Å². The maximum Gasteiger partial charge on any atom is 0.272 e. The van der Waals surface area contributed by atoms with Crippen molar-refractivity contribution in [3.05, 3.63) is 39.4 Å². The lowest BCUT2D eigenvalue weighted by atomic mass is 10.1. The number of rotatable bonds is 5. The molecule has 0 aliphatic rings. The Bertz CT molecular complexity index is 435. The maximum absolute atomic E-state index is 11.3. The van der Waals surface area contributed by atoms with Crippen LogP contribution in [0.2, 0.25) is 0 Å². The van der Waals surface area contributed by atoms with Crippen LogP contribution in [0, 0.1) is 17.0 Å². The predicted octanol–water partition coefficient (Wildman–Crippen LogP) is 2.30. The highest BCUT2D eigenvalue weighted by atomic mass is 79.9. The first kappa shape index (κ1) is 13.6. The predicted molar refractivity (Wildman–Crippen MR) is 68.1 cm³/mol. The van der Waals surface area contributed by atoms with Crippen LogP contribution in [0.3, 0.4) is 0 Å². The smallest absolute Gasteiger partial charge is 0.272 e. The Kier molecular flexibility index (Phi) is 5.09. The van der Waals surface area contributed by atoms with E-state index >= 15 is 0 Å². The molecule has 0 atom stereocenters. The van der Waals surface area contributed by atoms with E-state index in [4.69, 9.17) is 0 Å². The van der Waals surface area contributed by atoms with Gasteiger partial charge in [0.2, 0.25) is 5.91 Å². The molecule has 1 N–H and O–H groups in total. The minimum Gasteiger partial charge on any atom is -0.352 e. The second-order valence-corrected chi connectivity index (χ2v) is 4.33. The average molecular weight is 301 g/mol. The second-order valence-electron chi connectivity index (χ2n) is 3.53. The van der Waals surface area contributed by atoms with Gasteiger partial charge in [-0.05, 0) is 12.5 Å². The number of hydrogen-bond acceptors (Lipinski definition) is 3. The zero-order valence-electron chi connectivity index (χ0n) is 9.40. The molecule has 0 radical (unpaired) electrons. The van der Waals surface area contributed by atoms with Crippen LogP contribution < -0.4 is 5.32 Å². The third-order valence-electron chi connectivity index (χ3n) is 2.41. The van der Waals surface area contributed by atoms with E-state index < -0.39 is 4.92 Å². The molecule has 1 aromatic carbocycles. The standard InChI is InChI=1S/C11H13BrN2O3/c1-8-9(7-13-11(15)5-6-12)3-2-4-10(8)14(16)17/h2-4H,5-7H2,1H3,(H,13,15). The zero-order chi connectivity index (χ0) is 12.8. The lowest BCUT2D eigenvalue weighted by Gasteiger charge is -2.07. The number of amides is 1. The molecule has 17 heavy (non-hydrogen) atoms. The van der Waals surface area contributed by atoms with Gasteiger partial charge in [-0.15, -0.1) is 0 Å². The molecule has 5 nitrogen and oxygen atoms in total. The van der Waals surface area contributed by atoms with Gasteiger partial charge in [0, 0.05) is 29.9 Å². The molecule has 1 amide bonds. The van der Waals surface area contributed by atoms with E-state index in [0.717, 1.165) is 5.56 Å². The Labute approximate surface area is 107 Å². The highest BCUT2D eigenvalue weighted by Crippen LogP contribution is 2.20. The zero-order valence-corrected chi connectivity index (χ0v) is 11.0. The van der Waals surface area contributed by atoms with Gasteiger partial charge in [-0.2, -0.15) is 0 Å². The Hall–Kier alpha value is -1.43. The molecule has 0 spiro atoms. The first-order valence-corrected chi connectivity index (χ1v) is 6.24. The van der Waals surface area contributed by atoms with Gasteiger partial charge in [-0.3, -0.25) is 14.9 Å². The summed E-state index contributed by atoms with van der Waals surface area (Å²) >= 11 is 3.17. The Morgan fingerprint density at radius 2 is 2.24 bits per heavy atom. The highest BCUT2D eigenvalue weighted by molar-refractivity contribution is 9.09. The molecule has 0 unspecified atom stereocenters. The van der Waals surface area contributed by atoms with Crippen molar-refractivity contribution in [1.82, 2.24) is 5.32 Å². The van der Waals surface area contributed by atoms with Crippen molar-refractivity contribution in [2.75, 3.05) is 5.33 Å². The van der Waals surface area contributed by atoms with Gasteiger partial charge in [0.15, 0.2) is 0 Å². The van der Waals surface area contributed by atoms with E-state index in [1.807, 2.05) is 0 Å². The number of carbonyl (C=O) groups is 1. The van der Waals surface area contributed by atoms with Crippen LogP contribution in [0.25, 0.3) is 0 Å². The molecule has 1 rings (SSSR count). The van der Waals surface area contributed by atoms with Crippen LogP contribution in [0.4, 0.5) is 5.69 Å². The van der Waals surface area contributed by atoms with E-state index in [2.05, 4.69) is 21.2 Å². The summed E-state index contributed by atoms with van der Waals surface area (Å²) in [5, 5.41) is 14.0. The molecular formula is C11H13BrN2O3. The van der Waals surface area contributed by atoms with Gasteiger partial charge in [-0.25, -0.2) is 0 Å². The van der Waals surface area contributed by atoms with E-state index in [1.165, 1.54) is 6.07 Å². The van der Waals surface area contributed by atoms with Crippen LogP contribution in [-0.2, 0) is 11.3 Å². The van der Waals surface area contributed by atoms with Crippen molar-refractivity contribution in [2.24, 2.45) is 0 Å². The number of carbonyl (C=O) groups excluding carboxylic acids is 1. The van der Waals surface area contributed by atoms with E-state index in [9.17, 15) is 14.9 Å². The van der Waals surface area contributed by atoms with E-state index in [0.29, 0.717) is 23.9 Å². The number of nitro groups is 1. The van der Waals surface area contributed by atoms with Crippen molar-refractivity contribution < 1.29 is 9.72 Å². The fourth-order valence-electron chi connectivity index (χ4n) is 1.43. The summed E-state index contributed by atoms with van der Waals surface area (Å²) in [5.41, 5.74) is 1.44. The summed E-state index contributed by atoms with van der Waals surface area (Å²) in [7, 11) is 0. The molecule has 6 heteroatoms. The maximum atomic E-state index is 11.3. The van der Waals surface area contributed by atoms with Crippen molar-refractivity contribution in [3.8, 4) is 0 Å². The fraction of sp³-hybridized carbons (Fsp3) is 0.364. The first-order valence-electron chi connectivity index (χ1n) is 5.11. The summed E-state index contributed by atoms with van der Waals surface area (Å²) in [4.78, 5) is 21.6. The third-order valence-corrected chi connectivity index (χ3v) is 2.81. The summed E-state index contributed by atoms with van der Waals surface area (Å²) in [6.45, 7) is 2.00. The lowest BCUT2D eigenvalue weighted by molar-refractivity contribution is -0.385. The summed E-state index contributed by atoms with van der Waals surface area (Å²) in [5.74, 6) is -0.0761. The molecule has 92 valence electrons. The summed E-state index contributed by atoms with van der Waals surface area (Å²) < 4.78 is 0. The number of nitrogens with one attached hydrogen (secondary N) is 1. The Balaban J connectivity index is 2.75. The molecule has 0 aliphatic heterocycles. The van der Waals surface area contributed by atoms with E-state index in [-0.39, 0.29) is 11.6 Å². The van der Waals surface area contributed by atoms with Crippen LogP contribution in [0.1, 0.15) is 17.5 Å². The summed E-state index contributed by atoms with van der Waals surface area (Å²) in [6.07, 6.45) is 0.397. The van der Waals surface area contributed by atoms with Crippen molar-refractivity contribution in [3.63, 3.8) is 0 Å². The Morgan fingerprint density at radius 3 is 2.82 bits per heavy atom. The molecule has 0 aliphatic carbocycles. The Morgan fingerprint density at radius 1 is 1.53 bits per heavy atom. The van der Waals surface area contributed by atoms with Gasteiger partial charge in [0.1, 0.15) is 0 Å². The number of halogens is 1. The SMILES string of the molecule is Cc1c(CNC(=O)CCBr)cccc1[N+](=O)[O-]. The molecule has 1 aromatic rings. The van der Waals surface area contributed by atoms with E-state index in [1.54, 1.807) is 19.1 Å². The number of nitrogens with zero attached hydrogens (tertiary/aromatic N) is 1. The molecule has 0 bridgehead atoms. The monoisotopic (exact) mass is 300 g/mol. The van der Waals surface area contributed by atoms with Crippen LogP contribution in [-0.4, -0.2) is 16.2 Å². The van der Waals surface area contributed by atoms with Crippen molar-refractivity contribution in [1.29, 1.82) is 0 Å². The molecule has 0 heterocycles. The number of alkyl halides is 1. The molecule has 0 fully saturated rings. The van der Waals surface area contributed by atoms with Crippen molar-refractivity contribution >= 4 is 27.5 Å². The minimum atomic E-state index is -0.418. The fourth-order valence-corrected chi connectivity index (χ4v) is 1.79.